The smallest absolute Gasteiger partial charge is 0.416 e. The fourth-order valence-electron chi connectivity index (χ4n) is 3.13. The number of nitrogens with one attached hydrogen (secondary N) is 1. The monoisotopic (exact) mass is 430 g/mol. The van der Waals surface area contributed by atoms with E-state index in [9.17, 15) is 27.6 Å². The fraction of sp³-hybridized carbons (Fsp3) is 0.579. The maximum atomic E-state index is 13.1. The third-order valence-electron chi connectivity index (χ3n) is 4.80. The van der Waals surface area contributed by atoms with Crippen LogP contribution in [0.3, 0.4) is 0 Å². The van der Waals surface area contributed by atoms with E-state index in [1.165, 1.54) is 11.9 Å². The minimum absolute atomic E-state index is 0.143. The number of halogens is 3. The van der Waals surface area contributed by atoms with Crippen molar-refractivity contribution < 1.29 is 32.3 Å². The van der Waals surface area contributed by atoms with Crippen molar-refractivity contribution in [3.8, 4) is 0 Å². The van der Waals surface area contributed by atoms with Crippen LogP contribution in [0, 0.1) is 0 Å². The highest BCUT2D eigenvalue weighted by Gasteiger charge is 2.45. The Bertz CT molecular complexity index is 800. The lowest BCUT2D eigenvalue weighted by Gasteiger charge is -2.41. The molecule has 0 radical (unpaired) electrons. The lowest BCUT2D eigenvalue weighted by atomic mass is 9.86. The van der Waals surface area contributed by atoms with E-state index in [4.69, 9.17) is 4.74 Å². The fourth-order valence-corrected chi connectivity index (χ4v) is 3.13. The number of carbonyl (C=O) groups is 3. The van der Waals surface area contributed by atoms with Crippen LogP contribution in [0.1, 0.15) is 39.2 Å². The molecule has 8 nitrogen and oxygen atoms in total. The molecule has 1 aromatic rings. The highest BCUT2D eigenvalue weighted by Crippen LogP contribution is 2.32. The van der Waals surface area contributed by atoms with Gasteiger partial charge in [0.25, 0.3) is 5.91 Å². The number of anilines is 1. The van der Waals surface area contributed by atoms with Gasteiger partial charge in [0, 0.05) is 19.3 Å². The predicted octanol–water partition coefficient (Wildman–Crippen LogP) is 2.58. The average Bonchev–Trinajstić information content (AvgIpc) is 2.66. The molecule has 30 heavy (non-hydrogen) atoms. The molecule has 2 heterocycles. The largest absolute Gasteiger partial charge is 0.444 e. The van der Waals surface area contributed by atoms with Gasteiger partial charge in [-0.2, -0.15) is 13.2 Å². The molecule has 1 aliphatic rings. The first kappa shape index (κ1) is 23.6. The van der Waals surface area contributed by atoms with Crippen LogP contribution in [0.5, 0.6) is 0 Å². The molecule has 0 unspecified atom stereocenters. The third kappa shape index (κ3) is 5.26. The van der Waals surface area contributed by atoms with Crippen molar-refractivity contribution in [2.24, 2.45) is 0 Å². The molecule has 0 aliphatic carbocycles. The Balaban J connectivity index is 2.21. The van der Waals surface area contributed by atoms with Crippen molar-refractivity contribution in [3.05, 3.63) is 23.9 Å². The van der Waals surface area contributed by atoms with E-state index >= 15 is 0 Å². The van der Waals surface area contributed by atoms with E-state index in [1.807, 2.05) is 0 Å². The van der Waals surface area contributed by atoms with Gasteiger partial charge in [-0.15, -0.1) is 0 Å². The van der Waals surface area contributed by atoms with Crippen molar-refractivity contribution >= 4 is 24.2 Å². The van der Waals surface area contributed by atoms with Crippen LogP contribution in [-0.4, -0.2) is 59.6 Å². The third-order valence-corrected chi connectivity index (χ3v) is 4.80. The number of likely N-dealkylation sites (N-methyl/N-ethyl adjacent to an activating group) is 1. The number of imide groups is 1. The predicted molar refractivity (Wildman–Crippen MR) is 102 cm³/mol. The van der Waals surface area contributed by atoms with Crippen LogP contribution in [0.15, 0.2) is 18.3 Å². The summed E-state index contributed by atoms with van der Waals surface area (Å²) in [6.07, 6.45) is -3.85. The van der Waals surface area contributed by atoms with Crippen LogP contribution >= 0.6 is 0 Å². The molecule has 0 atom stereocenters. The lowest BCUT2D eigenvalue weighted by molar-refractivity contribution is -0.138. The van der Waals surface area contributed by atoms with Crippen molar-refractivity contribution in [1.82, 2.24) is 15.2 Å². The van der Waals surface area contributed by atoms with E-state index in [0.717, 1.165) is 12.3 Å². The summed E-state index contributed by atoms with van der Waals surface area (Å²) in [5, 5.41) is 2.88. The van der Waals surface area contributed by atoms with Gasteiger partial charge >= 0.3 is 12.3 Å². The summed E-state index contributed by atoms with van der Waals surface area (Å²) in [4.78, 5) is 42.7. The molecule has 3 amide bonds. The van der Waals surface area contributed by atoms with Gasteiger partial charge in [-0.25, -0.2) is 14.7 Å². The Morgan fingerprint density at radius 1 is 1.27 bits per heavy atom. The van der Waals surface area contributed by atoms with Crippen molar-refractivity contribution in [1.29, 1.82) is 0 Å². The van der Waals surface area contributed by atoms with Gasteiger partial charge in [-0.3, -0.25) is 9.59 Å². The molecule has 0 saturated carbocycles. The van der Waals surface area contributed by atoms with E-state index in [2.05, 4.69) is 10.3 Å². The Hall–Kier alpha value is -2.69. The Morgan fingerprint density at radius 3 is 2.33 bits per heavy atom. The number of pyridine rings is 1. The number of hydrogen-bond donors (Lipinski definition) is 1. The number of nitrogens with zero attached hydrogens (tertiary/aromatic N) is 3. The average molecular weight is 430 g/mol. The molecule has 1 N–H and O–H groups in total. The molecule has 1 aromatic heterocycles. The molecule has 11 heteroatoms. The van der Waals surface area contributed by atoms with Crippen LogP contribution in [-0.2, 0) is 20.5 Å². The summed E-state index contributed by atoms with van der Waals surface area (Å²) in [5.41, 5.74) is -2.94. The van der Waals surface area contributed by atoms with Gasteiger partial charge < -0.3 is 15.0 Å². The molecule has 1 fully saturated rings. The first-order valence-corrected chi connectivity index (χ1v) is 9.32. The van der Waals surface area contributed by atoms with Crippen LogP contribution in [0.25, 0.3) is 0 Å². The second-order valence-corrected chi connectivity index (χ2v) is 7.98. The number of hydrogen-bond acceptors (Lipinski definition) is 6. The Kier molecular flexibility index (Phi) is 6.75. The Morgan fingerprint density at radius 2 is 1.87 bits per heavy atom. The Labute approximate surface area is 172 Å². The van der Waals surface area contributed by atoms with E-state index in [-0.39, 0.29) is 32.3 Å². The van der Waals surface area contributed by atoms with Crippen molar-refractivity contribution in [2.45, 2.75) is 50.9 Å². The zero-order chi connectivity index (χ0) is 22.7. The summed E-state index contributed by atoms with van der Waals surface area (Å²) in [6.45, 7) is 5.55. The molecular weight excluding hydrogens is 405 g/mol. The maximum absolute atomic E-state index is 13.1. The number of aromatic nitrogens is 1. The van der Waals surface area contributed by atoms with Crippen LogP contribution in [0.2, 0.25) is 0 Å². The van der Waals surface area contributed by atoms with Gasteiger partial charge in [0.15, 0.2) is 0 Å². The summed E-state index contributed by atoms with van der Waals surface area (Å²) in [6, 6.07) is 1.40. The lowest BCUT2D eigenvalue weighted by Crippen LogP contribution is -2.62. The molecule has 166 valence electrons. The zero-order valence-corrected chi connectivity index (χ0v) is 17.2. The van der Waals surface area contributed by atoms with Gasteiger partial charge in [-0.05, 0) is 52.8 Å². The molecule has 2 rings (SSSR count). The number of alkyl halides is 3. The second kappa shape index (κ2) is 8.58. The van der Waals surface area contributed by atoms with Crippen molar-refractivity contribution in [2.75, 3.05) is 25.0 Å². The molecule has 0 aromatic carbocycles. The molecular formula is C19H25F3N4O4. The maximum Gasteiger partial charge on any atom is 0.416 e. The van der Waals surface area contributed by atoms with E-state index in [1.54, 1.807) is 20.8 Å². The van der Waals surface area contributed by atoms with Crippen molar-refractivity contribution in [3.63, 3.8) is 0 Å². The first-order valence-electron chi connectivity index (χ1n) is 9.32. The van der Waals surface area contributed by atoms with E-state index < -0.39 is 40.7 Å². The SMILES string of the molecule is CNC1(C(=O)N(C=O)c2cc(C(F)(F)F)ccn2)CCN(C(=O)OC(C)(C)C)CC1. The van der Waals surface area contributed by atoms with E-state index in [0.29, 0.717) is 11.0 Å². The van der Waals surface area contributed by atoms with Crippen LogP contribution < -0.4 is 10.2 Å². The van der Waals surface area contributed by atoms with Crippen LogP contribution in [0.4, 0.5) is 23.8 Å². The molecule has 1 aliphatic heterocycles. The molecule has 0 bridgehead atoms. The highest BCUT2D eigenvalue weighted by atomic mass is 19.4. The topological polar surface area (TPSA) is 91.8 Å². The van der Waals surface area contributed by atoms with Gasteiger partial charge in [-0.1, -0.05) is 0 Å². The number of piperidine rings is 1. The zero-order valence-electron chi connectivity index (χ0n) is 17.2. The summed E-state index contributed by atoms with van der Waals surface area (Å²) < 4.78 is 44.3. The second-order valence-electron chi connectivity index (χ2n) is 7.98. The minimum atomic E-state index is -4.64. The summed E-state index contributed by atoms with van der Waals surface area (Å²) >= 11 is 0. The molecule has 0 spiro atoms. The highest BCUT2D eigenvalue weighted by molar-refractivity contribution is 6.10. The van der Waals surface area contributed by atoms with Gasteiger partial charge in [0.2, 0.25) is 6.41 Å². The number of rotatable bonds is 4. The standard InChI is InChI=1S/C19H25F3N4O4/c1-17(2,3)30-16(29)25-9-6-18(23-4,7-10-25)15(28)26(12-27)14-11-13(5-8-24-14)19(20,21)22/h5,8,11-12,23H,6-7,9-10H2,1-4H3. The minimum Gasteiger partial charge on any atom is -0.444 e. The van der Waals surface area contributed by atoms with Gasteiger partial charge in [0.05, 0.1) is 5.56 Å². The van der Waals surface area contributed by atoms with Gasteiger partial charge in [0.1, 0.15) is 17.0 Å². The number of likely N-dealkylation sites (tertiary alicyclic amines) is 1. The normalized spacial score (nSPS) is 16.7. The summed E-state index contributed by atoms with van der Waals surface area (Å²) in [5.74, 6) is -1.16. The summed E-state index contributed by atoms with van der Waals surface area (Å²) in [7, 11) is 1.52. The number of carbonyl (C=O) groups excluding carboxylic acids is 3. The number of amides is 3. The first-order chi connectivity index (χ1) is 13.8. The molecule has 1 saturated heterocycles. The number of ether oxygens (including phenoxy) is 1. The quantitative estimate of drug-likeness (QED) is 0.739.